The molecule has 4 nitrogen and oxygen atoms in total. The number of rotatable bonds is 5. The molecule has 0 aliphatic carbocycles. The van der Waals surface area contributed by atoms with Crippen LogP contribution in [-0.2, 0) is 0 Å². The second kappa shape index (κ2) is 10.2. The number of hydrogen-bond acceptors (Lipinski definition) is 3. The molecule has 2 aromatic heterocycles. The molecule has 0 bridgehead atoms. The lowest BCUT2D eigenvalue weighted by Crippen LogP contribution is -1.97. The molecular formula is C37H27N3O. The van der Waals surface area contributed by atoms with Crippen molar-refractivity contribution in [3.8, 4) is 56.3 Å². The van der Waals surface area contributed by atoms with Crippen LogP contribution in [0.15, 0.2) is 140 Å². The van der Waals surface area contributed by atoms with Gasteiger partial charge in [0.05, 0.1) is 22.3 Å². The number of hydrogen-bond donors (Lipinski definition) is 1. The Bertz CT molecular complexity index is 2010. The number of pyridine rings is 1. The van der Waals surface area contributed by atoms with Crippen molar-refractivity contribution in [2.24, 2.45) is 0 Å². The zero-order chi connectivity index (χ0) is 27.8. The van der Waals surface area contributed by atoms with Gasteiger partial charge in [0.2, 0.25) is 0 Å². The second-order valence-corrected chi connectivity index (χ2v) is 10.1. The Morgan fingerprint density at radius 2 is 1.24 bits per heavy atom. The molecule has 41 heavy (non-hydrogen) atoms. The van der Waals surface area contributed by atoms with Crippen molar-refractivity contribution < 1.29 is 5.11 Å². The molecule has 7 aromatic rings. The lowest BCUT2D eigenvalue weighted by molar-refractivity contribution is 0.477. The van der Waals surface area contributed by atoms with E-state index >= 15 is 0 Å². The van der Waals surface area contributed by atoms with Crippen LogP contribution in [0.4, 0.5) is 0 Å². The van der Waals surface area contributed by atoms with Crippen LogP contribution < -0.4 is 0 Å². The van der Waals surface area contributed by atoms with Crippen LogP contribution in [-0.4, -0.2) is 19.6 Å². The van der Waals surface area contributed by atoms with E-state index in [1.165, 1.54) is 11.1 Å². The highest BCUT2D eigenvalue weighted by Crippen LogP contribution is 2.38. The lowest BCUT2D eigenvalue weighted by atomic mass is 9.97. The number of phenols is 1. The summed E-state index contributed by atoms with van der Waals surface area (Å²) in [7, 11) is 0. The van der Waals surface area contributed by atoms with Gasteiger partial charge in [-0.05, 0) is 71.6 Å². The Morgan fingerprint density at radius 1 is 0.585 bits per heavy atom. The van der Waals surface area contributed by atoms with Crippen LogP contribution in [0.3, 0.4) is 0 Å². The predicted octanol–water partition coefficient (Wildman–Crippen LogP) is 9.10. The minimum Gasteiger partial charge on any atom is -0.507 e. The maximum atomic E-state index is 10.8. The fourth-order valence-corrected chi connectivity index (χ4v) is 5.47. The van der Waals surface area contributed by atoms with E-state index in [1.54, 1.807) is 6.07 Å². The number of fused-ring (bicyclic) bond motifs is 1. The summed E-state index contributed by atoms with van der Waals surface area (Å²) in [4.78, 5) is 9.94. The van der Waals surface area contributed by atoms with Crippen molar-refractivity contribution in [1.29, 1.82) is 0 Å². The Morgan fingerprint density at radius 3 is 2.05 bits per heavy atom. The molecule has 0 aliphatic rings. The van der Waals surface area contributed by atoms with E-state index in [0.29, 0.717) is 11.4 Å². The van der Waals surface area contributed by atoms with Gasteiger partial charge in [-0.25, -0.2) is 4.98 Å². The van der Waals surface area contributed by atoms with Gasteiger partial charge in [0.1, 0.15) is 11.6 Å². The molecular weight excluding hydrogens is 502 g/mol. The van der Waals surface area contributed by atoms with Crippen molar-refractivity contribution in [2.75, 3.05) is 0 Å². The van der Waals surface area contributed by atoms with Crippen LogP contribution in [0, 0.1) is 6.92 Å². The number of aryl methyl sites for hydroxylation is 1. The summed E-state index contributed by atoms with van der Waals surface area (Å²) in [6.07, 6.45) is 1.95. The summed E-state index contributed by atoms with van der Waals surface area (Å²) < 4.78 is 2.12. The third-order valence-electron chi connectivity index (χ3n) is 7.50. The molecule has 196 valence electrons. The topological polar surface area (TPSA) is 50.9 Å². The summed E-state index contributed by atoms with van der Waals surface area (Å²) in [5.41, 5.74) is 11.0. The monoisotopic (exact) mass is 529 g/mol. The lowest BCUT2D eigenvalue weighted by Gasteiger charge is -2.11. The van der Waals surface area contributed by atoms with Crippen molar-refractivity contribution in [3.05, 3.63) is 145 Å². The molecule has 1 N–H and O–H groups in total. The maximum Gasteiger partial charge on any atom is 0.149 e. The molecule has 5 aromatic carbocycles. The highest BCUT2D eigenvalue weighted by Gasteiger charge is 2.19. The predicted molar refractivity (Wildman–Crippen MR) is 167 cm³/mol. The highest BCUT2D eigenvalue weighted by atomic mass is 16.3. The number of para-hydroxylation sites is 3. The molecule has 0 unspecified atom stereocenters. The average molecular weight is 530 g/mol. The summed E-state index contributed by atoms with van der Waals surface area (Å²) in [6, 6.07) is 44.8. The molecule has 0 fully saturated rings. The molecule has 0 saturated carbocycles. The Balaban J connectivity index is 1.40. The SMILES string of the molecule is Cc1cnc(-c2cccc(-c3cccc4c3nc(-c3ccccc3O)n4-c3ccccc3)c2)cc1-c1ccccc1. The van der Waals surface area contributed by atoms with Crippen molar-refractivity contribution in [2.45, 2.75) is 6.92 Å². The minimum absolute atomic E-state index is 0.197. The molecule has 4 heteroatoms. The largest absolute Gasteiger partial charge is 0.507 e. The molecule has 2 heterocycles. The van der Waals surface area contributed by atoms with E-state index in [0.717, 1.165) is 44.7 Å². The molecule has 0 amide bonds. The molecule has 0 aliphatic heterocycles. The smallest absolute Gasteiger partial charge is 0.149 e. The first-order valence-corrected chi connectivity index (χ1v) is 13.7. The van der Waals surface area contributed by atoms with Gasteiger partial charge in [-0.3, -0.25) is 9.55 Å². The number of imidazole rings is 1. The Labute approximate surface area is 238 Å². The van der Waals surface area contributed by atoms with Crippen LogP contribution >= 0.6 is 0 Å². The number of nitrogens with zero attached hydrogens (tertiary/aromatic N) is 3. The first kappa shape index (κ1) is 24.6. The van der Waals surface area contributed by atoms with Crippen LogP contribution in [0.5, 0.6) is 5.75 Å². The number of aromatic nitrogens is 3. The van der Waals surface area contributed by atoms with Crippen LogP contribution in [0.2, 0.25) is 0 Å². The summed E-state index contributed by atoms with van der Waals surface area (Å²) in [5.74, 6) is 0.892. The number of aromatic hydroxyl groups is 1. The van der Waals surface area contributed by atoms with Crippen LogP contribution in [0.1, 0.15) is 5.56 Å². The number of phenolic OH excluding ortho intramolecular Hbond substituents is 1. The standard InChI is InChI=1S/C37H27N3O/c1-25-24-38-33(23-32(25)26-12-4-2-5-13-26)28-15-10-14-27(22-28)30-19-11-20-34-36(30)39-37(31-18-8-9-21-35(31)41)40(34)29-16-6-3-7-17-29/h2-24,41H,1H3. The Kier molecular flexibility index (Phi) is 6.14. The van der Waals surface area contributed by atoms with Gasteiger partial charge in [-0.1, -0.05) is 91.0 Å². The molecule has 7 rings (SSSR count). The molecule has 0 radical (unpaired) electrons. The summed E-state index contributed by atoms with van der Waals surface area (Å²) in [6.45, 7) is 2.10. The van der Waals surface area contributed by atoms with Gasteiger partial charge in [0, 0.05) is 23.0 Å². The van der Waals surface area contributed by atoms with Gasteiger partial charge >= 0.3 is 0 Å². The Hall–Kier alpha value is -5.48. The quantitative estimate of drug-likeness (QED) is 0.242. The van der Waals surface area contributed by atoms with E-state index in [2.05, 4.69) is 96.4 Å². The van der Waals surface area contributed by atoms with E-state index < -0.39 is 0 Å². The fraction of sp³-hybridized carbons (Fsp3) is 0.0270. The molecule has 0 spiro atoms. The third-order valence-corrected chi connectivity index (χ3v) is 7.50. The van der Waals surface area contributed by atoms with E-state index in [-0.39, 0.29) is 5.75 Å². The second-order valence-electron chi connectivity index (χ2n) is 10.1. The minimum atomic E-state index is 0.197. The summed E-state index contributed by atoms with van der Waals surface area (Å²) >= 11 is 0. The first-order chi connectivity index (χ1) is 20.2. The van der Waals surface area contributed by atoms with Crippen molar-refractivity contribution in [1.82, 2.24) is 14.5 Å². The van der Waals surface area contributed by atoms with Gasteiger partial charge < -0.3 is 5.11 Å². The third kappa shape index (κ3) is 4.46. The average Bonchev–Trinajstić information content (AvgIpc) is 3.42. The van der Waals surface area contributed by atoms with E-state index in [9.17, 15) is 5.11 Å². The first-order valence-electron chi connectivity index (χ1n) is 13.7. The normalized spacial score (nSPS) is 11.1. The van der Waals surface area contributed by atoms with Crippen LogP contribution in [0.25, 0.3) is 61.6 Å². The van der Waals surface area contributed by atoms with Gasteiger partial charge in [-0.2, -0.15) is 0 Å². The van der Waals surface area contributed by atoms with E-state index in [1.807, 2.05) is 48.7 Å². The maximum absolute atomic E-state index is 10.8. The molecule has 0 atom stereocenters. The molecule has 0 saturated heterocycles. The van der Waals surface area contributed by atoms with E-state index in [4.69, 9.17) is 9.97 Å². The van der Waals surface area contributed by atoms with Gasteiger partial charge in [0.25, 0.3) is 0 Å². The number of benzene rings is 5. The zero-order valence-electron chi connectivity index (χ0n) is 22.6. The van der Waals surface area contributed by atoms with Crippen molar-refractivity contribution in [3.63, 3.8) is 0 Å². The highest BCUT2D eigenvalue weighted by molar-refractivity contribution is 5.96. The van der Waals surface area contributed by atoms with Crippen molar-refractivity contribution >= 4 is 11.0 Å². The van der Waals surface area contributed by atoms with Gasteiger partial charge in [-0.15, -0.1) is 0 Å². The fourth-order valence-electron chi connectivity index (χ4n) is 5.47. The zero-order valence-corrected chi connectivity index (χ0v) is 22.6. The van der Waals surface area contributed by atoms with Gasteiger partial charge in [0.15, 0.2) is 0 Å². The summed E-state index contributed by atoms with van der Waals surface area (Å²) in [5, 5.41) is 10.8.